The standard InChI is InChI=1S/C13H14BrN/c1-2-12-7-13(12,9-15-8-12)10-3-5-11(14)6-4-10/h2-6,15H,1,7-9H2. The quantitative estimate of drug-likeness (QED) is 0.810. The Kier molecular flexibility index (Phi) is 1.89. The lowest BCUT2D eigenvalue weighted by atomic mass is 9.89. The Morgan fingerprint density at radius 3 is 2.60 bits per heavy atom. The molecular formula is C13H14BrN. The minimum absolute atomic E-state index is 0.334. The number of hydrogen-bond acceptors (Lipinski definition) is 1. The lowest BCUT2D eigenvalue weighted by Crippen LogP contribution is -2.19. The van der Waals surface area contributed by atoms with Crippen LogP contribution in [-0.2, 0) is 5.41 Å². The van der Waals surface area contributed by atoms with Gasteiger partial charge in [-0.2, -0.15) is 0 Å². The number of halogens is 1. The number of piperidine rings is 1. The van der Waals surface area contributed by atoms with E-state index < -0.39 is 0 Å². The van der Waals surface area contributed by atoms with Crippen molar-refractivity contribution < 1.29 is 0 Å². The molecule has 3 rings (SSSR count). The van der Waals surface area contributed by atoms with Crippen molar-refractivity contribution in [2.45, 2.75) is 11.8 Å². The molecule has 0 amide bonds. The predicted octanol–water partition coefficient (Wildman–Crippen LogP) is 2.87. The fourth-order valence-electron chi connectivity index (χ4n) is 3.06. The molecule has 1 saturated carbocycles. The van der Waals surface area contributed by atoms with Gasteiger partial charge in [-0.05, 0) is 24.1 Å². The highest BCUT2D eigenvalue weighted by molar-refractivity contribution is 9.10. The molecular weight excluding hydrogens is 250 g/mol. The molecule has 1 heterocycles. The fraction of sp³-hybridized carbons (Fsp3) is 0.385. The van der Waals surface area contributed by atoms with E-state index in [1.807, 2.05) is 0 Å². The van der Waals surface area contributed by atoms with Crippen LogP contribution < -0.4 is 5.32 Å². The largest absolute Gasteiger partial charge is 0.315 e. The average Bonchev–Trinajstić information content (AvgIpc) is 2.78. The van der Waals surface area contributed by atoms with Gasteiger partial charge in [0.1, 0.15) is 0 Å². The number of fused-ring (bicyclic) bond motifs is 1. The summed E-state index contributed by atoms with van der Waals surface area (Å²) < 4.78 is 1.15. The zero-order chi connectivity index (χ0) is 10.5. The van der Waals surface area contributed by atoms with Gasteiger partial charge in [0.2, 0.25) is 0 Å². The van der Waals surface area contributed by atoms with Crippen molar-refractivity contribution >= 4 is 15.9 Å². The van der Waals surface area contributed by atoms with Gasteiger partial charge >= 0.3 is 0 Å². The first-order valence-corrected chi connectivity index (χ1v) is 6.12. The summed E-state index contributed by atoms with van der Waals surface area (Å²) in [4.78, 5) is 0. The Morgan fingerprint density at radius 2 is 2.00 bits per heavy atom. The van der Waals surface area contributed by atoms with Crippen LogP contribution in [0.5, 0.6) is 0 Å². The van der Waals surface area contributed by atoms with Crippen molar-refractivity contribution in [3.8, 4) is 0 Å². The van der Waals surface area contributed by atoms with Crippen molar-refractivity contribution in [1.82, 2.24) is 5.32 Å². The van der Waals surface area contributed by atoms with Crippen molar-refractivity contribution in [1.29, 1.82) is 0 Å². The topological polar surface area (TPSA) is 12.0 Å². The van der Waals surface area contributed by atoms with Crippen LogP contribution in [0.3, 0.4) is 0 Å². The number of benzene rings is 1. The van der Waals surface area contributed by atoms with Crippen molar-refractivity contribution in [3.05, 3.63) is 47.0 Å². The maximum atomic E-state index is 3.99. The lowest BCUT2D eigenvalue weighted by molar-refractivity contribution is 0.628. The van der Waals surface area contributed by atoms with Crippen molar-refractivity contribution in [3.63, 3.8) is 0 Å². The molecule has 0 spiro atoms. The van der Waals surface area contributed by atoms with E-state index in [2.05, 4.69) is 58.2 Å². The molecule has 2 heteroatoms. The third kappa shape index (κ3) is 1.12. The van der Waals surface area contributed by atoms with E-state index in [-0.39, 0.29) is 0 Å². The minimum atomic E-state index is 0.334. The number of rotatable bonds is 2. The Morgan fingerprint density at radius 1 is 1.27 bits per heavy atom. The fourth-order valence-corrected chi connectivity index (χ4v) is 3.33. The minimum Gasteiger partial charge on any atom is -0.315 e. The Bertz CT molecular complexity index is 411. The molecule has 15 heavy (non-hydrogen) atoms. The van der Waals surface area contributed by atoms with Gasteiger partial charge in [0, 0.05) is 28.4 Å². The zero-order valence-electron chi connectivity index (χ0n) is 8.59. The van der Waals surface area contributed by atoms with Gasteiger partial charge in [-0.3, -0.25) is 0 Å². The van der Waals surface area contributed by atoms with E-state index in [0.717, 1.165) is 17.6 Å². The molecule has 1 aliphatic heterocycles. The van der Waals surface area contributed by atoms with Crippen LogP contribution in [0, 0.1) is 5.41 Å². The summed E-state index contributed by atoms with van der Waals surface area (Å²) in [5, 5.41) is 3.48. The molecule has 1 aliphatic carbocycles. The van der Waals surface area contributed by atoms with Crippen LogP contribution in [0.15, 0.2) is 41.4 Å². The molecule has 0 bridgehead atoms. The second kappa shape index (κ2) is 2.96. The van der Waals surface area contributed by atoms with E-state index in [1.54, 1.807) is 0 Å². The highest BCUT2D eigenvalue weighted by atomic mass is 79.9. The first-order chi connectivity index (χ1) is 7.22. The number of nitrogens with one attached hydrogen (secondary N) is 1. The molecule has 2 fully saturated rings. The maximum absolute atomic E-state index is 3.99. The highest BCUT2D eigenvalue weighted by Gasteiger charge is 2.68. The van der Waals surface area contributed by atoms with Gasteiger partial charge in [-0.15, -0.1) is 6.58 Å². The molecule has 1 aromatic carbocycles. The highest BCUT2D eigenvalue weighted by Crippen LogP contribution is 2.67. The summed E-state index contributed by atoms with van der Waals surface area (Å²) in [7, 11) is 0. The van der Waals surface area contributed by atoms with E-state index in [1.165, 1.54) is 12.0 Å². The SMILES string of the molecule is C=CC12CNCC1(c1ccc(Br)cc1)C2. The molecule has 1 aromatic rings. The summed E-state index contributed by atoms with van der Waals surface area (Å²) in [5.41, 5.74) is 2.13. The van der Waals surface area contributed by atoms with Gasteiger partial charge in [-0.25, -0.2) is 0 Å². The van der Waals surface area contributed by atoms with Crippen molar-refractivity contribution in [2.24, 2.45) is 5.41 Å². The predicted molar refractivity (Wildman–Crippen MR) is 65.9 cm³/mol. The molecule has 78 valence electrons. The van der Waals surface area contributed by atoms with Crippen LogP contribution in [0.25, 0.3) is 0 Å². The first-order valence-electron chi connectivity index (χ1n) is 5.33. The molecule has 2 aliphatic rings. The van der Waals surface area contributed by atoms with Gasteiger partial charge in [0.15, 0.2) is 0 Å². The molecule has 0 radical (unpaired) electrons. The Balaban J connectivity index is 2.02. The van der Waals surface area contributed by atoms with Gasteiger partial charge in [0.25, 0.3) is 0 Å². The molecule has 2 atom stereocenters. The van der Waals surface area contributed by atoms with E-state index in [0.29, 0.717) is 10.8 Å². The summed E-state index contributed by atoms with van der Waals surface area (Å²) in [5.74, 6) is 0. The first kappa shape index (κ1) is 9.61. The summed E-state index contributed by atoms with van der Waals surface area (Å²) in [6.07, 6.45) is 3.41. The summed E-state index contributed by atoms with van der Waals surface area (Å²) >= 11 is 3.48. The van der Waals surface area contributed by atoms with E-state index in [9.17, 15) is 0 Å². The molecule has 1 N–H and O–H groups in total. The third-order valence-electron chi connectivity index (χ3n) is 4.10. The maximum Gasteiger partial charge on any atom is 0.0190 e. The number of hydrogen-bond donors (Lipinski definition) is 1. The molecule has 1 nitrogen and oxygen atoms in total. The Labute approximate surface area is 98.7 Å². The zero-order valence-corrected chi connectivity index (χ0v) is 10.2. The van der Waals surface area contributed by atoms with Crippen LogP contribution in [0.4, 0.5) is 0 Å². The van der Waals surface area contributed by atoms with E-state index in [4.69, 9.17) is 0 Å². The molecule has 2 unspecified atom stereocenters. The van der Waals surface area contributed by atoms with E-state index >= 15 is 0 Å². The van der Waals surface area contributed by atoms with Gasteiger partial charge in [0.05, 0.1) is 0 Å². The van der Waals surface area contributed by atoms with Crippen LogP contribution in [0.2, 0.25) is 0 Å². The average molecular weight is 264 g/mol. The monoisotopic (exact) mass is 263 g/mol. The molecule has 1 saturated heterocycles. The second-order valence-corrected chi connectivity index (χ2v) is 5.65. The Hall–Kier alpha value is -0.600. The van der Waals surface area contributed by atoms with Crippen molar-refractivity contribution in [2.75, 3.05) is 13.1 Å². The van der Waals surface area contributed by atoms with Gasteiger partial charge < -0.3 is 5.32 Å². The second-order valence-electron chi connectivity index (χ2n) is 4.73. The lowest BCUT2D eigenvalue weighted by Gasteiger charge is -2.14. The van der Waals surface area contributed by atoms with Crippen LogP contribution >= 0.6 is 15.9 Å². The summed E-state index contributed by atoms with van der Waals surface area (Å²) in [6, 6.07) is 8.74. The van der Waals surface area contributed by atoms with Gasteiger partial charge in [-0.1, -0.05) is 34.1 Å². The smallest absolute Gasteiger partial charge is 0.0190 e. The normalized spacial score (nSPS) is 37.4. The van der Waals surface area contributed by atoms with Crippen LogP contribution in [-0.4, -0.2) is 13.1 Å². The summed E-state index contributed by atoms with van der Waals surface area (Å²) in [6.45, 7) is 6.18. The van der Waals surface area contributed by atoms with Crippen LogP contribution in [0.1, 0.15) is 12.0 Å². The molecule has 0 aromatic heterocycles. The third-order valence-corrected chi connectivity index (χ3v) is 4.63.